The van der Waals surface area contributed by atoms with E-state index >= 15 is 0 Å². The number of furan rings is 1. The number of hydrogen-bond donors (Lipinski definition) is 1. The molecular weight excluding hydrogens is 420 g/mol. The van der Waals surface area contributed by atoms with Gasteiger partial charge in [0, 0.05) is 11.9 Å². The van der Waals surface area contributed by atoms with Crippen LogP contribution >= 0.6 is 22.7 Å². The van der Waals surface area contributed by atoms with Crippen molar-refractivity contribution in [2.45, 2.75) is 25.3 Å². The summed E-state index contributed by atoms with van der Waals surface area (Å²) in [6, 6.07) is 11.3. The van der Waals surface area contributed by atoms with Gasteiger partial charge in [-0.2, -0.15) is 0 Å². The van der Waals surface area contributed by atoms with Gasteiger partial charge in [-0.25, -0.2) is 9.97 Å². The average molecular weight is 439 g/mol. The van der Waals surface area contributed by atoms with Gasteiger partial charge in [0.15, 0.2) is 10.9 Å². The number of amides is 2. The topological polar surface area (TPSA) is 88.3 Å². The SMILES string of the molecule is O=C(Nc1nc(CC(=O)N2CCCC2c2nc3ccccc3s2)cs1)c1ccco1. The Bertz CT molecular complexity index is 1170. The van der Waals surface area contributed by atoms with Crippen LogP contribution in [-0.2, 0) is 11.2 Å². The lowest BCUT2D eigenvalue weighted by molar-refractivity contribution is -0.131. The molecule has 3 aromatic heterocycles. The van der Waals surface area contributed by atoms with E-state index in [0.29, 0.717) is 10.8 Å². The number of likely N-dealkylation sites (tertiary alicyclic amines) is 1. The minimum Gasteiger partial charge on any atom is -0.459 e. The van der Waals surface area contributed by atoms with Crippen molar-refractivity contribution in [2.24, 2.45) is 0 Å². The minimum absolute atomic E-state index is 0.0201. The highest BCUT2D eigenvalue weighted by molar-refractivity contribution is 7.18. The molecule has 9 heteroatoms. The Labute approximate surface area is 180 Å². The molecule has 1 atom stereocenters. The van der Waals surface area contributed by atoms with Gasteiger partial charge in [-0.1, -0.05) is 12.1 Å². The standard InChI is InChI=1S/C21H18N4O3S2/c26-18(11-13-12-29-21(22-13)24-19(27)16-7-4-10-28-16)25-9-3-6-15(25)20-23-14-5-1-2-8-17(14)30-20/h1-2,4-5,7-8,10,12,15H,3,6,9,11H2,(H,22,24,27). The van der Waals surface area contributed by atoms with Gasteiger partial charge < -0.3 is 9.32 Å². The molecule has 0 aliphatic carbocycles. The maximum atomic E-state index is 13.0. The number of benzene rings is 1. The van der Waals surface area contributed by atoms with Crippen LogP contribution in [0.5, 0.6) is 0 Å². The highest BCUT2D eigenvalue weighted by Gasteiger charge is 2.32. The van der Waals surface area contributed by atoms with E-state index in [4.69, 9.17) is 9.40 Å². The summed E-state index contributed by atoms with van der Waals surface area (Å²) in [5.74, 6) is -0.104. The Kier molecular flexibility index (Phi) is 5.06. The zero-order valence-electron chi connectivity index (χ0n) is 15.9. The van der Waals surface area contributed by atoms with E-state index in [9.17, 15) is 9.59 Å². The van der Waals surface area contributed by atoms with Crippen LogP contribution in [0.2, 0.25) is 0 Å². The van der Waals surface area contributed by atoms with Gasteiger partial charge in [0.1, 0.15) is 5.01 Å². The number of anilines is 1. The van der Waals surface area contributed by atoms with Gasteiger partial charge in [-0.3, -0.25) is 14.9 Å². The fourth-order valence-electron chi connectivity index (χ4n) is 3.62. The second kappa shape index (κ2) is 8.00. The number of aromatic nitrogens is 2. The number of fused-ring (bicyclic) bond motifs is 1. The fraction of sp³-hybridized carbons (Fsp3) is 0.238. The van der Waals surface area contributed by atoms with Crippen molar-refractivity contribution in [2.75, 3.05) is 11.9 Å². The second-order valence-corrected chi connectivity index (χ2v) is 8.94. The maximum absolute atomic E-state index is 13.0. The molecule has 0 radical (unpaired) electrons. The molecule has 1 aliphatic heterocycles. The number of nitrogens with zero attached hydrogens (tertiary/aromatic N) is 3. The number of nitrogens with one attached hydrogen (secondary N) is 1. The van der Waals surface area contributed by atoms with Gasteiger partial charge in [-0.05, 0) is 37.1 Å². The number of carbonyl (C=O) groups excluding carboxylic acids is 2. The van der Waals surface area contributed by atoms with E-state index in [1.807, 2.05) is 23.1 Å². The lowest BCUT2D eigenvalue weighted by Gasteiger charge is -2.22. The van der Waals surface area contributed by atoms with Gasteiger partial charge in [0.05, 0.1) is 34.6 Å². The van der Waals surface area contributed by atoms with Gasteiger partial charge in [-0.15, -0.1) is 22.7 Å². The van der Waals surface area contributed by atoms with Crippen molar-refractivity contribution in [3.05, 3.63) is 64.5 Å². The van der Waals surface area contributed by atoms with Crippen molar-refractivity contribution < 1.29 is 14.0 Å². The van der Waals surface area contributed by atoms with Crippen LogP contribution in [0.4, 0.5) is 5.13 Å². The number of carbonyl (C=O) groups is 2. The van der Waals surface area contributed by atoms with Crippen LogP contribution < -0.4 is 5.32 Å². The Hall–Kier alpha value is -3.04. The minimum atomic E-state index is -0.359. The molecule has 152 valence electrons. The van der Waals surface area contributed by atoms with Crippen molar-refractivity contribution in [3.8, 4) is 0 Å². The predicted molar refractivity (Wildman–Crippen MR) is 116 cm³/mol. The first-order chi connectivity index (χ1) is 14.7. The second-order valence-electron chi connectivity index (χ2n) is 7.02. The first-order valence-corrected chi connectivity index (χ1v) is 11.3. The summed E-state index contributed by atoms with van der Waals surface area (Å²) >= 11 is 2.95. The molecule has 0 spiro atoms. The zero-order valence-corrected chi connectivity index (χ0v) is 17.5. The van der Waals surface area contributed by atoms with Crippen molar-refractivity contribution in [3.63, 3.8) is 0 Å². The highest BCUT2D eigenvalue weighted by atomic mass is 32.1. The largest absolute Gasteiger partial charge is 0.459 e. The van der Waals surface area contributed by atoms with Gasteiger partial charge in [0.25, 0.3) is 5.91 Å². The molecule has 1 saturated heterocycles. The molecule has 1 fully saturated rings. The average Bonchev–Trinajstić information content (AvgIpc) is 3.53. The quantitative estimate of drug-likeness (QED) is 0.495. The molecule has 1 unspecified atom stereocenters. The molecule has 1 aliphatic rings. The van der Waals surface area contributed by atoms with E-state index in [-0.39, 0.29) is 30.0 Å². The van der Waals surface area contributed by atoms with Crippen LogP contribution in [0.25, 0.3) is 10.2 Å². The summed E-state index contributed by atoms with van der Waals surface area (Å²) in [6.45, 7) is 0.728. The van der Waals surface area contributed by atoms with E-state index in [0.717, 1.165) is 34.6 Å². The van der Waals surface area contributed by atoms with Crippen LogP contribution in [0.3, 0.4) is 0 Å². The third kappa shape index (κ3) is 3.73. The number of hydrogen-bond acceptors (Lipinski definition) is 7. The smallest absolute Gasteiger partial charge is 0.293 e. The monoisotopic (exact) mass is 438 g/mol. The lowest BCUT2D eigenvalue weighted by Crippen LogP contribution is -2.31. The highest BCUT2D eigenvalue weighted by Crippen LogP contribution is 2.36. The molecule has 7 nitrogen and oxygen atoms in total. The maximum Gasteiger partial charge on any atom is 0.293 e. The van der Waals surface area contributed by atoms with E-state index in [1.165, 1.54) is 17.6 Å². The van der Waals surface area contributed by atoms with Gasteiger partial charge >= 0.3 is 0 Å². The summed E-state index contributed by atoms with van der Waals surface area (Å²) in [6.07, 6.45) is 3.54. The lowest BCUT2D eigenvalue weighted by atomic mass is 10.2. The number of para-hydroxylation sites is 1. The molecule has 30 heavy (non-hydrogen) atoms. The Morgan fingerprint density at radius 1 is 1.20 bits per heavy atom. The Morgan fingerprint density at radius 2 is 2.10 bits per heavy atom. The fourth-order valence-corrected chi connectivity index (χ4v) is 5.44. The summed E-state index contributed by atoms with van der Waals surface area (Å²) in [5.41, 5.74) is 1.63. The van der Waals surface area contributed by atoms with E-state index < -0.39 is 0 Å². The summed E-state index contributed by atoms with van der Waals surface area (Å²) in [7, 11) is 0. The first kappa shape index (κ1) is 19.0. The molecule has 5 rings (SSSR count). The first-order valence-electron chi connectivity index (χ1n) is 9.61. The third-order valence-electron chi connectivity index (χ3n) is 5.02. The Balaban J connectivity index is 1.27. The molecular formula is C21H18N4O3S2. The summed E-state index contributed by atoms with van der Waals surface area (Å²) in [5, 5.41) is 5.94. The third-order valence-corrected chi connectivity index (χ3v) is 6.96. The van der Waals surface area contributed by atoms with Crippen molar-refractivity contribution in [1.82, 2.24) is 14.9 Å². The van der Waals surface area contributed by atoms with Gasteiger partial charge in [0.2, 0.25) is 5.91 Å². The van der Waals surface area contributed by atoms with Crippen LogP contribution in [0, 0.1) is 0 Å². The van der Waals surface area contributed by atoms with E-state index in [2.05, 4.69) is 16.4 Å². The predicted octanol–water partition coefficient (Wildman–Crippen LogP) is 4.50. The van der Waals surface area contributed by atoms with Crippen molar-refractivity contribution >= 4 is 49.8 Å². The van der Waals surface area contributed by atoms with Crippen LogP contribution in [0.1, 0.15) is 40.1 Å². The molecule has 4 aromatic rings. The summed E-state index contributed by atoms with van der Waals surface area (Å²) < 4.78 is 6.22. The molecule has 4 heterocycles. The van der Waals surface area contributed by atoms with Crippen molar-refractivity contribution in [1.29, 1.82) is 0 Å². The van der Waals surface area contributed by atoms with Crippen LogP contribution in [-0.4, -0.2) is 33.2 Å². The molecule has 0 bridgehead atoms. The summed E-state index contributed by atoms with van der Waals surface area (Å²) in [4.78, 5) is 36.1. The molecule has 2 amide bonds. The Morgan fingerprint density at radius 3 is 2.93 bits per heavy atom. The molecule has 1 aromatic carbocycles. The number of thiazole rings is 2. The number of rotatable bonds is 5. The normalized spacial score (nSPS) is 16.3. The van der Waals surface area contributed by atoms with E-state index in [1.54, 1.807) is 28.8 Å². The van der Waals surface area contributed by atoms with Crippen LogP contribution in [0.15, 0.2) is 52.5 Å². The molecule has 0 saturated carbocycles. The zero-order chi connectivity index (χ0) is 20.5. The molecule has 1 N–H and O–H groups in total.